The summed E-state index contributed by atoms with van der Waals surface area (Å²) < 4.78 is 5.48. The highest BCUT2D eigenvalue weighted by atomic mass is 35.5. The molecule has 7 heteroatoms. The number of hydrogen-bond acceptors (Lipinski definition) is 5. The first-order valence-electron chi connectivity index (χ1n) is 11.1. The van der Waals surface area contributed by atoms with Crippen molar-refractivity contribution in [2.75, 3.05) is 44.8 Å². The van der Waals surface area contributed by atoms with Crippen LogP contribution < -0.4 is 10.2 Å². The van der Waals surface area contributed by atoms with Crippen LogP contribution in [0.3, 0.4) is 0 Å². The van der Waals surface area contributed by atoms with Crippen LogP contribution in [-0.2, 0) is 4.74 Å². The van der Waals surface area contributed by atoms with Crippen molar-refractivity contribution in [1.29, 1.82) is 0 Å². The molecule has 0 unspecified atom stereocenters. The first-order valence-corrected chi connectivity index (χ1v) is 11.4. The van der Waals surface area contributed by atoms with Gasteiger partial charge in [0.15, 0.2) is 0 Å². The number of morpholine rings is 1. The number of nitrogens with zero attached hydrogens (tertiary/aromatic N) is 3. The van der Waals surface area contributed by atoms with Gasteiger partial charge in [0.25, 0.3) is 5.91 Å². The predicted octanol–water partition coefficient (Wildman–Crippen LogP) is 4.13. The molecule has 0 aliphatic carbocycles. The second-order valence-electron chi connectivity index (χ2n) is 7.56. The van der Waals surface area contributed by atoms with Gasteiger partial charge in [-0.25, -0.2) is 4.98 Å². The molecule has 1 amide bonds. The third-order valence-corrected chi connectivity index (χ3v) is 5.50. The van der Waals surface area contributed by atoms with Crippen molar-refractivity contribution in [3.63, 3.8) is 0 Å². The molecule has 3 rings (SSSR count). The lowest BCUT2D eigenvalue weighted by Gasteiger charge is -2.30. The van der Waals surface area contributed by atoms with Gasteiger partial charge in [0.1, 0.15) is 5.15 Å². The summed E-state index contributed by atoms with van der Waals surface area (Å²) in [5, 5.41) is 3.44. The van der Waals surface area contributed by atoms with Crippen molar-refractivity contribution in [1.82, 2.24) is 10.3 Å². The molecule has 33 heavy (non-hydrogen) atoms. The minimum atomic E-state index is -0.106. The molecule has 0 bridgehead atoms. The summed E-state index contributed by atoms with van der Waals surface area (Å²) >= 11 is 5.87. The number of ether oxygens (including phenoxy) is 1. The van der Waals surface area contributed by atoms with Gasteiger partial charge in [-0.2, -0.15) is 0 Å². The number of aromatic nitrogens is 1. The molecule has 6 nitrogen and oxygen atoms in total. The zero-order valence-corrected chi connectivity index (χ0v) is 19.9. The lowest BCUT2D eigenvalue weighted by Crippen LogP contribution is -2.36. The Balaban J connectivity index is 1.75. The summed E-state index contributed by atoms with van der Waals surface area (Å²) in [6.07, 6.45) is 7.26. The van der Waals surface area contributed by atoms with Crippen LogP contribution in [0.15, 0.2) is 53.2 Å². The molecule has 1 aliphatic heterocycles. The van der Waals surface area contributed by atoms with E-state index in [2.05, 4.69) is 32.0 Å². The maximum Gasteiger partial charge on any atom is 0.251 e. The number of allylic oxidation sites excluding steroid dienone is 2. The van der Waals surface area contributed by atoms with Crippen molar-refractivity contribution in [2.45, 2.75) is 19.8 Å². The van der Waals surface area contributed by atoms with Crippen LogP contribution in [0.5, 0.6) is 0 Å². The fourth-order valence-electron chi connectivity index (χ4n) is 3.49. The summed E-state index contributed by atoms with van der Waals surface area (Å²) in [7, 11) is 1.76. The second kappa shape index (κ2) is 12.8. The van der Waals surface area contributed by atoms with Crippen LogP contribution in [-0.4, -0.2) is 57.0 Å². The quantitative estimate of drug-likeness (QED) is 0.289. The number of aliphatic imine (C=N–C) groups is 1. The molecule has 1 aliphatic rings. The van der Waals surface area contributed by atoms with Gasteiger partial charge in [-0.05, 0) is 55.7 Å². The second-order valence-corrected chi connectivity index (χ2v) is 7.95. The molecule has 1 fully saturated rings. The maximum absolute atomic E-state index is 12.8. The molecule has 1 aromatic carbocycles. The monoisotopic (exact) mass is 464 g/mol. The molecule has 1 aromatic heterocycles. The van der Waals surface area contributed by atoms with E-state index in [1.807, 2.05) is 43.5 Å². The van der Waals surface area contributed by atoms with Crippen molar-refractivity contribution >= 4 is 29.4 Å². The highest BCUT2D eigenvalue weighted by molar-refractivity contribution is 6.29. The van der Waals surface area contributed by atoms with Gasteiger partial charge in [-0.15, -0.1) is 0 Å². The maximum atomic E-state index is 12.8. The van der Waals surface area contributed by atoms with Gasteiger partial charge in [0.2, 0.25) is 0 Å². The molecule has 2 aromatic rings. The number of nitrogens with one attached hydrogen (secondary N) is 1. The van der Waals surface area contributed by atoms with E-state index in [9.17, 15) is 4.79 Å². The number of benzene rings is 1. The third kappa shape index (κ3) is 7.45. The number of rotatable bonds is 7. The van der Waals surface area contributed by atoms with Crippen LogP contribution in [0.1, 0.15) is 41.3 Å². The number of hydrogen-bond donors (Lipinski definition) is 1. The number of halogens is 1. The van der Waals surface area contributed by atoms with Gasteiger partial charge >= 0.3 is 0 Å². The van der Waals surface area contributed by atoms with E-state index in [0.29, 0.717) is 30.5 Å². The zero-order chi connectivity index (χ0) is 23.5. The average Bonchev–Trinajstić information content (AvgIpc) is 2.85. The normalized spacial score (nSPS) is 14.2. The van der Waals surface area contributed by atoms with Crippen LogP contribution in [0, 0.1) is 11.8 Å². The lowest BCUT2D eigenvalue weighted by molar-refractivity contribution is 0.0953. The van der Waals surface area contributed by atoms with Gasteiger partial charge in [0, 0.05) is 55.8 Å². The number of amides is 1. The van der Waals surface area contributed by atoms with Gasteiger partial charge in [-0.1, -0.05) is 29.5 Å². The van der Waals surface area contributed by atoms with Gasteiger partial charge in [-0.3, -0.25) is 9.79 Å². The molecule has 0 atom stereocenters. The van der Waals surface area contributed by atoms with Crippen molar-refractivity contribution in [2.24, 2.45) is 4.99 Å². The smallest absolute Gasteiger partial charge is 0.251 e. The standard InChI is InChI=1S/C26H29ClN4O2/c1-3-20(18-28-2)5-4-12-29-26(32)23-9-10-24(31-13-15-33-16-14-31)22(17-23)8-6-21-7-11-25(27)30-19-21/h3,7,9-11,17-19H,4-5,12-16H2,1-2H3,(H,29,32)/b20-3-,28-18-. The molecule has 1 N–H and O–H groups in total. The Bertz CT molecular complexity index is 1060. The minimum Gasteiger partial charge on any atom is -0.378 e. The van der Waals surface area contributed by atoms with Crippen LogP contribution in [0.4, 0.5) is 5.69 Å². The molecular weight excluding hydrogens is 436 g/mol. The highest BCUT2D eigenvalue weighted by Crippen LogP contribution is 2.23. The van der Waals surface area contributed by atoms with Crippen molar-refractivity contribution in [3.8, 4) is 11.8 Å². The summed E-state index contributed by atoms with van der Waals surface area (Å²) in [5.74, 6) is 6.26. The predicted molar refractivity (Wildman–Crippen MR) is 134 cm³/mol. The fraction of sp³-hybridized carbons (Fsp3) is 0.346. The molecule has 0 spiro atoms. The summed E-state index contributed by atoms with van der Waals surface area (Å²) in [4.78, 5) is 23.2. The first kappa shape index (κ1) is 24.5. The van der Waals surface area contributed by atoms with Crippen LogP contribution in [0.25, 0.3) is 0 Å². The van der Waals surface area contributed by atoms with Gasteiger partial charge < -0.3 is 15.0 Å². The first-order chi connectivity index (χ1) is 16.1. The lowest BCUT2D eigenvalue weighted by atomic mass is 10.1. The third-order valence-electron chi connectivity index (χ3n) is 5.27. The topological polar surface area (TPSA) is 66.8 Å². The van der Waals surface area contributed by atoms with Crippen molar-refractivity contribution in [3.05, 3.63) is 70.0 Å². The van der Waals surface area contributed by atoms with Crippen LogP contribution in [0.2, 0.25) is 5.15 Å². The fourth-order valence-corrected chi connectivity index (χ4v) is 3.60. The molecular formula is C26H29ClN4O2. The molecule has 0 saturated carbocycles. The Morgan fingerprint density at radius 2 is 2.09 bits per heavy atom. The zero-order valence-electron chi connectivity index (χ0n) is 19.1. The summed E-state index contributed by atoms with van der Waals surface area (Å²) in [5.41, 5.74) is 4.32. The number of pyridine rings is 1. The average molecular weight is 465 g/mol. The Hall–Kier alpha value is -3.14. The van der Waals surface area contributed by atoms with E-state index < -0.39 is 0 Å². The number of carbonyl (C=O) groups excluding carboxylic acids is 1. The van der Waals surface area contributed by atoms with E-state index in [1.165, 1.54) is 0 Å². The highest BCUT2D eigenvalue weighted by Gasteiger charge is 2.16. The van der Waals surface area contributed by atoms with E-state index in [1.54, 1.807) is 19.3 Å². The summed E-state index contributed by atoms with van der Waals surface area (Å²) in [6.45, 7) is 5.51. The van der Waals surface area contributed by atoms with Gasteiger partial charge in [0.05, 0.1) is 18.9 Å². The van der Waals surface area contributed by atoms with E-state index >= 15 is 0 Å². The Kier molecular flexibility index (Phi) is 9.49. The number of carbonyl (C=O) groups is 1. The Morgan fingerprint density at radius 1 is 1.27 bits per heavy atom. The SMILES string of the molecule is C/C=C(\C=N/C)CCCNC(=O)c1ccc(N2CCOCC2)c(C#Cc2ccc(Cl)nc2)c1. The largest absolute Gasteiger partial charge is 0.378 e. The minimum absolute atomic E-state index is 0.106. The Morgan fingerprint density at radius 3 is 2.79 bits per heavy atom. The van der Waals surface area contributed by atoms with E-state index in [-0.39, 0.29) is 5.91 Å². The molecule has 0 radical (unpaired) electrons. The molecule has 172 valence electrons. The van der Waals surface area contributed by atoms with Crippen LogP contribution >= 0.6 is 11.6 Å². The Labute approximate surface area is 200 Å². The molecule has 1 saturated heterocycles. The van der Waals surface area contributed by atoms with E-state index in [0.717, 1.165) is 48.3 Å². The van der Waals surface area contributed by atoms with E-state index in [4.69, 9.17) is 16.3 Å². The number of anilines is 1. The molecule has 2 heterocycles. The summed E-state index contributed by atoms with van der Waals surface area (Å²) in [6, 6.07) is 9.23. The van der Waals surface area contributed by atoms with Crippen molar-refractivity contribution < 1.29 is 9.53 Å².